The zero-order chi connectivity index (χ0) is 17.2. The van der Waals surface area contributed by atoms with Crippen LogP contribution in [-0.4, -0.2) is 20.6 Å². The third-order valence-corrected chi connectivity index (χ3v) is 4.76. The van der Waals surface area contributed by atoms with Crippen LogP contribution in [0.15, 0.2) is 41.3 Å². The quantitative estimate of drug-likeness (QED) is 0.775. The minimum absolute atomic E-state index is 0.0488. The van der Waals surface area contributed by atoms with Gasteiger partial charge in [0.1, 0.15) is 0 Å². The molecule has 0 aliphatic heterocycles. The average molecular weight is 394 g/mol. The van der Waals surface area contributed by atoms with Crippen molar-refractivity contribution in [2.24, 2.45) is 0 Å². The first-order chi connectivity index (χ1) is 10.7. The maximum Gasteiger partial charge on any atom is 0.269 e. The predicted molar refractivity (Wildman–Crippen MR) is 92.1 cm³/mol. The van der Waals surface area contributed by atoms with Gasteiger partial charge in [0, 0.05) is 16.8 Å². The van der Waals surface area contributed by atoms with Crippen LogP contribution < -0.4 is 10.9 Å². The lowest BCUT2D eigenvalue weighted by molar-refractivity contribution is 0.0962. The number of hydrazine groups is 1. The van der Waals surface area contributed by atoms with Crippen LogP contribution in [0.4, 0.5) is 5.69 Å². The Hall–Kier alpha value is -1.47. The van der Waals surface area contributed by atoms with Gasteiger partial charge >= 0.3 is 0 Å². The summed E-state index contributed by atoms with van der Waals surface area (Å²) in [6.45, 7) is 0. The molecule has 0 unspecified atom stereocenters. The van der Waals surface area contributed by atoms with Gasteiger partial charge in [-0.2, -0.15) is 0 Å². The number of sulfone groups is 1. The minimum atomic E-state index is -3.40. The van der Waals surface area contributed by atoms with Crippen LogP contribution in [0.3, 0.4) is 0 Å². The standard InChI is InChI=1S/C14H11Cl3N2O3S/c1-23(21,22)10-4-2-3-8(5-10)14(20)19-18-13-11(16)6-9(15)7-12(13)17/h2-7,18H,1H3,(H,19,20). The summed E-state index contributed by atoms with van der Waals surface area (Å²) in [4.78, 5) is 12.2. The summed E-state index contributed by atoms with van der Waals surface area (Å²) in [5.41, 5.74) is 5.44. The Labute approximate surface area is 148 Å². The zero-order valence-electron chi connectivity index (χ0n) is 11.7. The molecule has 2 aromatic carbocycles. The molecule has 0 aliphatic carbocycles. The van der Waals surface area contributed by atoms with Crippen LogP contribution >= 0.6 is 34.8 Å². The van der Waals surface area contributed by atoms with Crippen molar-refractivity contribution in [1.29, 1.82) is 0 Å². The van der Waals surface area contributed by atoms with E-state index < -0.39 is 15.7 Å². The molecule has 0 heterocycles. The molecular weight excluding hydrogens is 383 g/mol. The van der Waals surface area contributed by atoms with Gasteiger partial charge in [0.05, 0.1) is 20.6 Å². The summed E-state index contributed by atoms with van der Waals surface area (Å²) in [5, 5.41) is 0.818. The molecule has 0 saturated carbocycles. The zero-order valence-corrected chi connectivity index (χ0v) is 14.8. The number of hydrogen-bond donors (Lipinski definition) is 2. The SMILES string of the molecule is CS(=O)(=O)c1cccc(C(=O)NNc2c(Cl)cc(Cl)cc2Cl)c1. The van der Waals surface area contributed by atoms with Gasteiger partial charge in [-0.1, -0.05) is 40.9 Å². The highest BCUT2D eigenvalue weighted by atomic mass is 35.5. The average Bonchev–Trinajstić information content (AvgIpc) is 2.45. The van der Waals surface area contributed by atoms with Gasteiger partial charge < -0.3 is 0 Å². The molecule has 0 aliphatic rings. The second-order valence-corrected chi connectivity index (χ2v) is 7.89. The molecule has 0 bridgehead atoms. The van der Waals surface area contributed by atoms with Crippen molar-refractivity contribution in [1.82, 2.24) is 5.43 Å². The number of rotatable bonds is 4. The van der Waals surface area contributed by atoms with E-state index in [1.165, 1.54) is 36.4 Å². The molecule has 23 heavy (non-hydrogen) atoms. The summed E-state index contributed by atoms with van der Waals surface area (Å²) in [6.07, 6.45) is 1.07. The van der Waals surface area contributed by atoms with Gasteiger partial charge in [0.15, 0.2) is 9.84 Å². The van der Waals surface area contributed by atoms with Gasteiger partial charge in [-0.3, -0.25) is 15.6 Å². The van der Waals surface area contributed by atoms with E-state index in [0.29, 0.717) is 5.02 Å². The molecule has 0 atom stereocenters. The fourth-order valence-corrected chi connectivity index (χ4v) is 3.30. The molecule has 2 aromatic rings. The molecule has 2 N–H and O–H groups in total. The summed E-state index contributed by atoms with van der Waals surface area (Å²) < 4.78 is 23.0. The predicted octanol–water partition coefficient (Wildman–Crippen LogP) is 3.81. The fraction of sp³-hybridized carbons (Fsp3) is 0.0714. The van der Waals surface area contributed by atoms with E-state index in [4.69, 9.17) is 34.8 Å². The number of anilines is 1. The smallest absolute Gasteiger partial charge is 0.269 e. The number of carbonyl (C=O) groups is 1. The van der Waals surface area contributed by atoms with Gasteiger partial charge in [-0.05, 0) is 30.3 Å². The summed E-state index contributed by atoms with van der Waals surface area (Å²) >= 11 is 17.8. The third kappa shape index (κ3) is 4.51. The van der Waals surface area contributed by atoms with Crippen molar-refractivity contribution in [3.63, 3.8) is 0 Å². The topological polar surface area (TPSA) is 75.3 Å². The van der Waals surface area contributed by atoms with Crippen LogP contribution in [0.25, 0.3) is 0 Å². The molecule has 1 amide bonds. The Morgan fingerprint density at radius 1 is 1.04 bits per heavy atom. The minimum Gasteiger partial charge on any atom is -0.295 e. The first-order valence-corrected chi connectivity index (χ1v) is 9.22. The summed E-state index contributed by atoms with van der Waals surface area (Å²) in [6, 6.07) is 8.58. The van der Waals surface area contributed by atoms with E-state index >= 15 is 0 Å². The van der Waals surface area contributed by atoms with Crippen molar-refractivity contribution in [3.05, 3.63) is 57.0 Å². The second-order valence-electron chi connectivity index (χ2n) is 4.62. The summed E-state index contributed by atoms with van der Waals surface area (Å²) in [5.74, 6) is -0.544. The van der Waals surface area contributed by atoms with E-state index in [1.54, 1.807) is 0 Å². The molecule has 2 rings (SSSR count). The molecular formula is C14H11Cl3N2O3S. The van der Waals surface area contributed by atoms with Crippen LogP contribution in [-0.2, 0) is 9.84 Å². The monoisotopic (exact) mass is 392 g/mol. The highest BCUT2D eigenvalue weighted by molar-refractivity contribution is 7.90. The molecule has 0 aromatic heterocycles. The fourth-order valence-electron chi connectivity index (χ4n) is 1.72. The first kappa shape index (κ1) is 17.9. The number of amides is 1. The van der Waals surface area contributed by atoms with Crippen molar-refractivity contribution >= 4 is 56.2 Å². The third-order valence-electron chi connectivity index (χ3n) is 2.83. The highest BCUT2D eigenvalue weighted by Gasteiger charge is 2.13. The van der Waals surface area contributed by atoms with Gasteiger partial charge in [-0.15, -0.1) is 0 Å². The van der Waals surface area contributed by atoms with Crippen LogP contribution in [0.1, 0.15) is 10.4 Å². The highest BCUT2D eigenvalue weighted by Crippen LogP contribution is 2.33. The number of halogens is 3. The van der Waals surface area contributed by atoms with Crippen LogP contribution in [0, 0.1) is 0 Å². The number of nitrogens with one attached hydrogen (secondary N) is 2. The molecule has 0 fully saturated rings. The van der Waals surface area contributed by atoms with Crippen LogP contribution in [0.5, 0.6) is 0 Å². The molecule has 0 saturated heterocycles. The first-order valence-electron chi connectivity index (χ1n) is 6.19. The van der Waals surface area contributed by atoms with E-state index in [1.807, 2.05) is 0 Å². The van der Waals surface area contributed by atoms with Crippen molar-refractivity contribution in [2.75, 3.05) is 11.7 Å². The Kier molecular flexibility index (Phi) is 5.41. The van der Waals surface area contributed by atoms with E-state index in [-0.39, 0.29) is 26.2 Å². The summed E-state index contributed by atoms with van der Waals surface area (Å²) in [7, 11) is -3.40. The Bertz CT molecular complexity index is 846. The van der Waals surface area contributed by atoms with Crippen molar-refractivity contribution < 1.29 is 13.2 Å². The Balaban J connectivity index is 2.18. The lowest BCUT2D eigenvalue weighted by atomic mass is 10.2. The molecule has 0 radical (unpaired) electrons. The number of hydrogen-bond acceptors (Lipinski definition) is 4. The molecule has 122 valence electrons. The normalized spacial score (nSPS) is 11.1. The Morgan fingerprint density at radius 2 is 1.65 bits per heavy atom. The van der Waals surface area contributed by atoms with Gasteiger partial charge in [0.25, 0.3) is 5.91 Å². The number of benzene rings is 2. The molecule has 5 nitrogen and oxygen atoms in total. The largest absolute Gasteiger partial charge is 0.295 e. The van der Waals surface area contributed by atoms with E-state index in [2.05, 4.69) is 10.9 Å². The van der Waals surface area contributed by atoms with Crippen molar-refractivity contribution in [3.8, 4) is 0 Å². The maximum absolute atomic E-state index is 12.1. The second kappa shape index (κ2) is 6.97. The molecule has 9 heteroatoms. The van der Waals surface area contributed by atoms with E-state index in [0.717, 1.165) is 6.26 Å². The van der Waals surface area contributed by atoms with E-state index in [9.17, 15) is 13.2 Å². The van der Waals surface area contributed by atoms with Gasteiger partial charge in [0.2, 0.25) is 0 Å². The Morgan fingerprint density at radius 3 is 2.22 bits per heavy atom. The maximum atomic E-state index is 12.1. The van der Waals surface area contributed by atoms with Crippen LogP contribution in [0.2, 0.25) is 15.1 Å². The lowest BCUT2D eigenvalue weighted by Gasteiger charge is -2.12. The van der Waals surface area contributed by atoms with Crippen molar-refractivity contribution in [2.45, 2.75) is 4.90 Å². The van der Waals surface area contributed by atoms with Gasteiger partial charge in [-0.25, -0.2) is 8.42 Å². The molecule has 0 spiro atoms. The number of carbonyl (C=O) groups excluding carboxylic acids is 1. The lowest BCUT2D eigenvalue weighted by Crippen LogP contribution is -2.29.